The van der Waals surface area contributed by atoms with Crippen molar-refractivity contribution in [3.63, 3.8) is 0 Å². The average molecular weight is 275 g/mol. The molecule has 1 rings (SSSR count). The number of nitrogens with zero attached hydrogens (tertiary/aromatic N) is 1. The van der Waals surface area contributed by atoms with E-state index >= 15 is 0 Å². The van der Waals surface area contributed by atoms with Crippen LogP contribution in [0.2, 0.25) is 0 Å². The van der Waals surface area contributed by atoms with Crippen molar-refractivity contribution in [1.82, 2.24) is 10.3 Å². The Hall–Kier alpha value is -0.840. The number of oxazole rings is 1. The molecular formula is C10H15BrN2O2. The maximum Gasteiger partial charge on any atom is 0.289 e. The largest absolute Gasteiger partial charge is 0.438 e. The van der Waals surface area contributed by atoms with E-state index in [2.05, 4.69) is 33.2 Å². The molecule has 1 N–H and O–H groups in total. The van der Waals surface area contributed by atoms with Crippen molar-refractivity contribution in [3.05, 3.63) is 17.8 Å². The van der Waals surface area contributed by atoms with Crippen LogP contribution in [0.15, 0.2) is 10.8 Å². The Morgan fingerprint density at radius 1 is 1.73 bits per heavy atom. The van der Waals surface area contributed by atoms with E-state index < -0.39 is 0 Å². The summed E-state index contributed by atoms with van der Waals surface area (Å²) in [5.74, 6) is 0.0942. The van der Waals surface area contributed by atoms with E-state index in [-0.39, 0.29) is 5.91 Å². The third-order valence-corrected chi connectivity index (χ3v) is 2.82. The summed E-state index contributed by atoms with van der Waals surface area (Å²) in [5, 5.41) is 2.79. The monoisotopic (exact) mass is 274 g/mol. The number of aromatic nitrogens is 1. The first-order valence-electron chi connectivity index (χ1n) is 4.97. The average Bonchev–Trinajstić information content (AvgIpc) is 2.61. The lowest BCUT2D eigenvalue weighted by Gasteiger charge is -2.08. The topological polar surface area (TPSA) is 55.1 Å². The van der Waals surface area contributed by atoms with Crippen molar-refractivity contribution in [2.24, 2.45) is 0 Å². The summed E-state index contributed by atoms with van der Waals surface area (Å²) in [5.41, 5.74) is 0.620. The second kappa shape index (κ2) is 5.90. The molecule has 0 aliphatic heterocycles. The van der Waals surface area contributed by atoms with Crippen LogP contribution in [0.4, 0.5) is 0 Å². The van der Waals surface area contributed by atoms with E-state index in [0.717, 1.165) is 12.8 Å². The van der Waals surface area contributed by atoms with Gasteiger partial charge in [0.15, 0.2) is 6.39 Å². The van der Waals surface area contributed by atoms with E-state index in [4.69, 9.17) is 4.42 Å². The molecule has 1 aromatic heterocycles. The minimum atomic E-state index is -0.203. The van der Waals surface area contributed by atoms with E-state index in [1.807, 2.05) is 0 Å². The molecule has 4 nitrogen and oxygen atoms in total. The molecule has 0 radical (unpaired) electrons. The number of carbonyl (C=O) groups excluding carboxylic acids is 1. The smallest absolute Gasteiger partial charge is 0.289 e. The molecule has 0 saturated carbocycles. The molecule has 1 amide bonds. The number of nitrogens with one attached hydrogen (secondary N) is 1. The van der Waals surface area contributed by atoms with Crippen LogP contribution in [-0.4, -0.2) is 22.3 Å². The Bertz CT molecular complexity index is 325. The summed E-state index contributed by atoms with van der Waals surface area (Å²) in [6, 6.07) is 0. The molecule has 15 heavy (non-hydrogen) atoms. The summed E-state index contributed by atoms with van der Waals surface area (Å²) in [4.78, 5) is 15.7. The predicted molar refractivity (Wildman–Crippen MR) is 61.2 cm³/mol. The van der Waals surface area contributed by atoms with Crippen LogP contribution < -0.4 is 5.32 Å². The molecule has 1 aromatic rings. The highest BCUT2D eigenvalue weighted by Crippen LogP contribution is 2.08. The molecule has 0 aliphatic carbocycles. The van der Waals surface area contributed by atoms with E-state index in [0.29, 0.717) is 22.8 Å². The van der Waals surface area contributed by atoms with Gasteiger partial charge in [-0.05, 0) is 13.3 Å². The Balaban J connectivity index is 2.40. The molecule has 1 unspecified atom stereocenters. The van der Waals surface area contributed by atoms with Crippen molar-refractivity contribution in [1.29, 1.82) is 0 Å². The van der Waals surface area contributed by atoms with Crippen LogP contribution in [0.25, 0.3) is 0 Å². The van der Waals surface area contributed by atoms with Crippen molar-refractivity contribution in [3.8, 4) is 0 Å². The number of hydrogen-bond donors (Lipinski definition) is 1. The van der Waals surface area contributed by atoms with Gasteiger partial charge >= 0.3 is 0 Å². The maximum absolute atomic E-state index is 11.6. The van der Waals surface area contributed by atoms with Gasteiger partial charge in [-0.3, -0.25) is 4.79 Å². The molecule has 84 valence electrons. The second-order valence-electron chi connectivity index (χ2n) is 3.36. The molecular weight excluding hydrogens is 260 g/mol. The van der Waals surface area contributed by atoms with Crippen LogP contribution in [0, 0.1) is 6.92 Å². The van der Waals surface area contributed by atoms with Crippen LogP contribution in [0.5, 0.6) is 0 Å². The van der Waals surface area contributed by atoms with Gasteiger partial charge in [-0.15, -0.1) is 0 Å². The zero-order valence-corrected chi connectivity index (χ0v) is 10.5. The highest BCUT2D eigenvalue weighted by atomic mass is 79.9. The fraction of sp³-hybridized carbons (Fsp3) is 0.600. The van der Waals surface area contributed by atoms with Gasteiger partial charge in [0.25, 0.3) is 5.91 Å². The van der Waals surface area contributed by atoms with Gasteiger partial charge in [-0.25, -0.2) is 4.98 Å². The van der Waals surface area contributed by atoms with Gasteiger partial charge in [-0.2, -0.15) is 0 Å². The van der Waals surface area contributed by atoms with Crippen LogP contribution >= 0.6 is 15.9 Å². The lowest BCUT2D eigenvalue weighted by atomic mass is 10.2. The second-order valence-corrected chi connectivity index (χ2v) is 4.66. The zero-order valence-electron chi connectivity index (χ0n) is 8.92. The first-order valence-corrected chi connectivity index (χ1v) is 5.89. The number of aryl methyl sites for hydroxylation is 1. The highest BCUT2D eigenvalue weighted by molar-refractivity contribution is 9.09. The number of halogens is 1. The normalized spacial score (nSPS) is 12.5. The van der Waals surface area contributed by atoms with E-state index in [9.17, 15) is 4.79 Å². The van der Waals surface area contributed by atoms with Gasteiger partial charge < -0.3 is 9.73 Å². The summed E-state index contributed by atoms with van der Waals surface area (Å²) in [6.07, 6.45) is 3.41. The molecule has 0 aliphatic rings. The molecule has 1 heterocycles. The number of carbonyl (C=O) groups is 1. The third kappa shape index (κ3) is 3.66. The van der Waals surface area contributed by atoms with E-state index in [1.54, 1.807) is 6.92 Å². The Morgan fingerprint density at radius 2 is 2.47 bits per heavy atom. The number of alkyl halides is 1. The molecule has 1 atom stereocenters. The van der Waals surface area contributed by atoms with Crippen molar-refractivity contribution in [2.45, 2.75) is 31.5 Å². The first kappa shape index (κ1) is 12.2. The minimum Gasteiger partial charge on any atom is -0.438 e. The van der Waals surface area contributed by atoms with Crippen molar-refractivity contribution < 1.29 is 9.21 Å². The zero-order chi connectivity index (χ0) is 11.3. The van der Waals surface area contributed by atoms with E-state index in [1.165, 1.54) is 6.39 Å². The Labute approximate surface area is 97.6 Å². The number of rotatable bonds is 5. The van der Waals surface area contributed by atoms with Crippen molar-refractivity contribution in [2.75, 3.05) is 6.54 Å². The quantitative estimate of drug-likeness (QED) is 0.839. The lowest BCUT2D eigenvalue weighted by molar-refractivity contribution is 0.0925. The van der Waals surface area contributed by atoms with Crippen LogP contribution in [0.3, 0.4) is 0 Å². The van der Waals surface area contributed by atoms with Gasteiger partial charge in [0, 0.05) is 11.4 Å². The molecule has 0 saturated heterocycles. The Morgan fingerprint density at radius 3 is 3.00 bits per heavy atom. The minimum absolute atomic E-state index is 0.203. The fourth-order valence-electron chi connectivity index (χ4n) is 1.22. The van der Waals surface area contributed by atoms with Crippen molar-refractivity contribution >= 4 is 21.8 Å². The fourth-order valence-corrected chi connectivity index (χ4v) is 1.84. The number of hydrogen-bond acceptors (Lipinski definition) is 3. The van der Waals surface area contributed by atoms with Gasteiger partial charge in [-0.1, -0.05) is 29.3 Å². The Kier molecular flexibility index (Phi) is 4.81. The molecule has 0 bridgehead atoms. The first-order chi connectivity index (χ1) is 7.15. The maximum atomic E-state index is 11.6. The molecule has 0 spiro atoms. The van der Waals surface area contributed by atoms with Crippen LogP contribution in [0.1, 0.15) is 36.0 Å². The van der Waals surface area contributed by atoms with Gasteiger partial charge in [0.1, 0.15) is 0 Å². The van der Waals surface area contributed by atoms with Crippen LogP contribution in [-0.2, 0) is 0 Å². The summed E-state index contributed by atoms with van der Waals surface area (Å²) in [7, 11) is 0. The summed E-state index contributed by atoms with van der Waals surface area (Å²) < 4.78 is 4.98. The summed E-state index contributed by atoms with van der Waals surface area (Å²) >= 11 is 3.49. The SMILES string of the molecule is CCCC(Br)CNC(=O)c1ocnc1C. The van der Waals surface area contributed by atoms with Gasteiger partial charge in [0.2, 0.25) is 5.76 Å². The lowest BCUT2D eigenvalue weighted by Crippen LogP contribution is -2.29. The van der Waals surface area contributed by atoms with Gasteiger partial charge in [0.05, 0.1) is 5.69 Å². The summed E-state index contributed by atoms with van der Waals surface area (Å²) in [6.45, 7) is 4.46. The molecule has 5 heteroatoms. The molecule has 0 fully saturated rings. The third-order valence-electron chi connectivity index (χ3n) is 2.04. The predicted octanol–water partition coefficient (Wildman–Crippen LogP) is 2.28. The standard InChI is InChI=1S/C10H15BrN2O2/c1-3-4-8(11)5-12-10(14)9-7(2)13-6-15-9/h6,8H,3-5H2,1-2H3,(H,12,14). The number of amides is 1. The molecule has 0 aromatic carbocycles. The highest BCUT2D eigenvalue weighted by Gasteiger charge is 2.14.